The van der Waals surface area contributed by atoms with Gasteiger partial charge < -0.3 is 0 Å². The van der Waals surface area contributed by atoms with Crippen molar-refractivity contribution in [3.63, 3.8) is 0 Å². The van der Waals surface area contributed by atoms with Gasteiger partial charge in [0.05, 0.1) is 5.69 Å². The summed E-state index contributed by atoms with van der Waals surface area (Å²) in [6, 6.07) is 12.6. The summed E-state index contributed by atoms with van der Waals surface area (Å²) >= 11 is 0. The molecular formula is C16H20N4. The van der Waals surface area contributed by atoms with E-state index < -0.39 is 0 Å². The Morgan fingerprint density at radius 3 is 2.65 bits per heavy atom. The Labute approximate surface area is 120 Å². The minimum atomic E-state index is 0.471. The molecule has 4 nitrogen and oxygen atoms in total. The van der Waals surface area contributed by atoms with Crippen LogP contribution in [0.3, 0.4) is 0 Å². The molecule has 0 saturated carbocycles. The fourth-order valence-corrected chi connectivity index (χ4v) is 2.27. The molecule has 0 radical (unpaired) electrons. The monoisotopic (exact) mass is 268 g/mol. The molecule has 0 aliphatic heterocycles. The molecule has 2 aromatic rings. The molecule has 104 valence electrons. The lowest BCUT2D eigenvalue weighted by Crippen LogP contribution is -2.09. The Morgan fingerprint density at radius 1 is 1.25 bits per heavy atom. The van der Waals surface area contributed by atoms with Crippen LogP contribution in [0.1, 0.15) is 37.2 Å². The SMILES string of the molecule is CC(C)Cc1c(C#N)nnn1CCCc1ccccc1. The second-order valence-electron chi connectivity index (χ2n) is 5.41. The Bertz CT molecular complexity index is 578. The summed E-state index contributed by atoms with van der Waals surface area (Å²) < 4.78 is 1.89. The lowest BCUT2D eigenvalue weighted by atomic mass is 10.1. The number of nitrogens with zero attached hydrogens (tertiary/aromatic N) is 4. The Balaban J connectivity index is 1.99. The second-order valence-corrected chi connectivity index (χ2v) is 5.41. The zero-order valence-corrected chi connectivity index (χ0v) is 12.1. The topological polar surface area (TPSA) is 54.5 Å². The molecule has 20 heavy (non-hydrogen) atoms. The summed E-state index contributed by atoms with van der Waals surface area (Å²) in [7, 11) is 0. The highest BCUT2D eigenvalue weighted by atomic mass is 15.4. The Hall–Kier alpha value is -2.15. The average molecular weight is 268 g/mol. The van der Waals surface area contributed by atoms with E-state index in [-0.39, 0.29) is 0 Å². The number of aromatic nitrogens is 3. The normalized spacial score (nSPS) is 10.7. The van der Waals surface area contributed by atoms with Crippen LogP contribution in [0.4, 0.5) is 0 Å². The first kappa shape index (κ1) is 14.3. The van der Waals surface area contributed by atoms with Crippen LogP contribution in [0.15, 0.2) is 30.3 Å². The highest BCUT2D eigenvalue weighted by Gasteiger charge is 2.13. The summed E-state index contributed by atoms with van der Waals surface area (Å²) in [5.74, 6) is 0.494. The fraction of sp³-hybridized carbons (Fsp3) is 0.438. The molecule has 0 aliphatic rings. The summed E-state index contributed by atoms with van der Waals surface area (Å²) in [6.07, 6.45) is 2.87. The van der Waals surface area contributed by atoms with Gasteiger partial charge in [-0.1, -0.05) is 49.4 Å². The largest absolute Gasteiger partial charge is 0.248 e. The number of benzene rings is 1. The van der Waals surface area contributed by atoms with E-state index in [0.717, 1.165) is 31.5 Å². The van der Waals surface area contributed by atoms with E-state index in [1.54, 1.807) is 0 Å². The van der Waals surface area contributed by atoms with Gasteiger partial charge >= 0.3 is 0 Å². The average Bonchev–Trinajstić information content (AvgIpc) is 2.82. The zero-order chi connectivity index (χ0) is 14.4. The molecule has 0 bridgehead atoms. The minimum Gasteiger partial charge on any atom is -0.248 e. The first-order valence-electron chi connectivity index (χ1n) is 7.07. The predicted molar refractivity (Wildman–Crippen MR) is 78.0 cm³/mol. The summed E-state index contributed by atoms with van der Waals surface area (Å²) in [4.78, 5) is 0. The van der Waals surface area contributed by atoms with E-state index in [9.17, 15) is 0 Å². The third kappa shape index (κ3) is 3.67. The number of rotatable bonds is 6. The van der Waals surface area contributed by atoms with Crippen molar-refractivity contribution in [1.29, 1.82) is 5.26 Å². The van der Waals surface area contributed by atoms with Crippen LogP contribution in [0.25, 0.3) is 0 Å². The van der Waals surface area contributed by atoms with E-state index in [2.05, 4.69) is 54.5 Å². The van der Waals surface area contributed by atoms with Gasteiger partial charge in [0.15, 0.2) is 5.69 Å². The predicted octanol–water partition coefficient (Wildman–Crippen LogP) is 2.98. The van der Waals surface area contributed by atoms with Crippen LogP contribution in [0, 0.1) is 17.2 Å². The Morgan fingerprint density at radius 2 is 2.00 bits per heavy atom. The van der Waals surface area contributed by atoms with Crippen molar-refractivity contribution < 1.29 is 0 Å². The van der Waals surface area contributed by atoms with E-state index in [1.165, 1.54) is 5.56 Å². The maximum atomic E-state index is 9.08. The highest BCUT2D eigenvalue weighted by Crippen LogP contribution is 2.12. The van der Waals surface area contributed by atoms with E-state index in [0.29, 0.717) is 11.6 Å². The number of hydrogen-bond acceptors (Lipinski definition) is 3. The van der Waals surface area contributed by atoms with Gasteiger partial charge in [-0.15, -0.1) is 5.10 Å². The molecule has 1 heterocycles. The molecule has 0 aliphatic carbocycles. The first-order valence-corrected chi connectivity index (χ1v) is 7.07. The van der Waals surface area contributed by atoms with Gasteiger partial charge in [0.2, 0.25) is 0 Å². The minimum absolute atomic E-state index is 0.471. The third-order valence-electron chi connectivity index (χ3n) is 3.22. The highest BCUT2D eigenvalue weighted by molar-refractivity contribution is 5.25. The van der Waals surface area contributed by atoms with Crippen LogP contribution in [-0.4, -0.2) is 15.0 Å². The van der Waals surface area contributed by atoms with Crippen molar-refractivity contribution in [2.24, 2.45) is 5.92 Å². The van der Waals surface area contributed by atoms with Crippen LogP contribution in [0.5, 0.6) is 0 Å². The lowest BCUT2D eigenvalue weighted by molar-refractivity contribution is 0.514. The van der Waals surface area contributed by atoms with E-state index in [4.69, 9.17) is 5.26 Å². The van der Waals surface area contributed by atoms with Gasteiger partial charge in [-0.25, -0.2) is 4.68 Å². The molecule has 0 atom stereocenters. The van der Waals surface area contributed by atoms with Gasteiger partial charge in [0.1, 0.15) is 6.07 Å². The molecule has 0 fully saturated rings. The quantitative estimate of drug-likeness (QED) is 0.809. The summed E-state index contributed by atoms with van der Waals surface area (Å²) in [6.45, 7) is 5.09. The van der Waals surface area contributed by atoms with Gasteiger partial charge in [-0.05, 0) is 30.7 Å². The molecule has 0 saturated heterocycles. The summed E-state index contributed by atoms with van der Waals surface area (Å²) in [5, 5.41) is 17.2. The lowest BCUT2D eigenvalue weighted by Gasteiger charge is -2.08. The molecule has 2 rings (SSSR count). The first-order chi connectivity index (χ1) is 9.70. The van der Waals surface area contributed by atoms with Crippen molar-refractivity contribution in [1.82, 2.24) is 15.0 Å². The van der Waals surface area contributed by atoms with Crippen LogP contribution < -0.4 is 0 Å². The number of aryl methyl sites for hydroxylation is 2. The molecule has 1 aromatic carbocycles. The van der Waals surface area contributed by atoms with Gasteiger partial charge in [0.25, 0.3) is 0 Å². The van der Waals surface area contributed by atoms with Crippen molar-refractivity contribution in [3.05, 3.63) is 47.3 Å². The van der Waals surface area contributed by atoms with Crippen molar-refractivity contribution in [3.8, 4) is 6.07 Å². The van der Waals surface area contributed by atoms with Crippen LogP contribution in [-0.2, 0) is 19.4 Å². The number of nitriles is 1. The van der Waals surface area contributed by atoms with E-state index >= 15 is 0 Å². The molecule has 1 aromatic heterocycles. The summed E-state index contributed by atoms with van der Waals surface area (Å²) in [5.41, 5.74) is 2.77. The smallest absolute Gasteiger partial charge is 0.185 e. The molecule has 4 heteroatoms. The fourth-order valence-electron chi connectivity index (χ4n) is 2.27. The number of hydrogen-bond donors (Lipinski definition) is 0. The maximum Gasteiger partial charge on any atom is 0.185 e. The van der Waals surface area contributed by atoms with Gasteiger partial charge in [-0.2, -0.15) is 5.26 Å². The maximum absolute atomic E-state index is 9.08. The van der Waals surface area contributed by atoms with Gasteiger partial charge in [0, 0.05) is 6.54 Å². The van der Waals surface area contributed by atoms with Crippen molar-refractivity contribution in [2.75, 3.05) is 0 Å². The molecule has 0 N–H and O–H groups in total. The Kier molecular flexibility index (Phi) is 4.89. The van der Waals surface area contributed by atoms with Gasteiger partial charge in [-0.3, -0.25) is 0 Å². The third-order valence-corrected chi connectivity index (χ3v) is 3.22. The molecule has 0 spiro atoms. The zero-order valence-electron chi connectivity index (χ0n) is 12.1. The van der Waals surface area contributed by atoms with Crippen LogP contribution >= 0.6 is 0 Å². The van der Waals surface area contributed by atoms with Crippen molar-refractivity contribution in [2.45, 2.75) is 39.7 Å². The second kappa shape index (κ2) is 6.85. The van der Waals surface area contributed by atoms with Crippen LogP contribution in [0.2, 0.25) is 0 Å². The standard InChI is InChI=1S/C16H20N4/c1-13(2)11-16-15(12-17)18-19-20(16)10-6-9-14-7-4-3-5-8-14/h3-5,7-8,13H,6,9-11H2,1-2H3. The molecule has 0 unspecified atom stereocenters. The van der Waals surface area contributed by atoms with Crippen molar-refractivity contribution >= 4 is 0 Å². The molecular weight excluding hydrogens is 248 g/mol. The molecule has 0 amide bonds. The van der Waals surface area contributed by atoms with E-state index in [1.807, 2.05) is 10.7 Å².